The summed E-state index contributed by atoms with van der Waals surface area (Å²) in [4.78, 5) is 15.6. The number of nitrogens with zero attached hydrogens (tertiary/aromatic N) is 1. The summed E-state index contributed by atoms with van der Waals surface area (Å²) in [6, 6.07) is 14.7. The summed E-state index contributed by atoms with van der Waals surface area (Å²) in [5, 5.41) is 3.11. The molecule has 0 fully saturated rings. The Hall–Kier alpha value is -2.36. The van der Waals surface area contributed by atoms with Crippen molar-refractivity contribution in [2.45, 2.75) is 12.5 Å². The first-order valence-electron chi connectivity index (χ1n) is 5.76. The van der Waals surface area contributed by atoms with Crippen molar-refractivity contribution in [2.75, 3.05) is 5.32 Å². The van der Waals surface area contributed by atoms with Crippen LogP contribution in [-0.4, -0.2) is 16.9 Å². The zero-order valence-electron chi connectivity index (χ0n) is 9.91. The standard InChI is InChI=1S/C14H15N3O/c15-14(18)13(10-12-8-4-5-9-16-12)17-11-6-2-1-3-7-11/h1-9,13,17H,10H2,(H2,15,18)/t13-/m0/s1. The molecule has 0 aliphatic carbocycles. The normalized spacial score (nSPS) is 11.8. The second kappa shape index (κ2) is 5.82. The van der Waals surface area contributed by atoms with Crippen LogP contribution in [0.15, 0.2) is 54.7 Å². The van der Waals surface area contributed by atoms with E-state index in [1.165, 1.54) is 0 Å². The number of hydrogen-bond acceptors (Lipinski definition) is 3. The fraction of sp³-hybridized carbons (Fsp3) is 0.143. The van der Waals surface area contributed by atoms with E-state index in [0.29, 0.717) is 6.42 Å². The maximum Gasteiger partial charge on any atom is 0.240 e. The zero-order chi connectivity index (χ0) is 12.8. The number of amides is 1. The highest BCUT2D eigenvalue weighted by molar-refractivity contribution is 5.83. The van der Waals surface area contributed by atoms with Gasteiger partial charge in [0.05, 0.1) is 0 Å². The molecule has 4 heteroatoms. The Labute approximate surface area is 106 Å². The van der Waals surface area contributed by atoms with Gasteiger partial charge in [-0.3, -0.25) is 9.78 Å². The van der Waals surface area contributed by atoms with Crippen molar-refractivity contribution in [3.63, 3.8) is 0 Å². The van der Waals surface area contributed by atoms with E-state index in [1.807, 2.05) is 48.5 Å². The van der Waals surface area contributed by atoms with Crippen LogP contribution in [0.3, 0.4) is 0 Å². The Kier molecular flexibility index (Phi) is 3.91. The van der Waals surface area contributed by atoms with Crippen LogP contribution in [0.2, 0.25) is 0 Å². The predicted octanol–water partition coefficient (Wildman–Crippen LogP) is 1.59. The molecule has 0 aliphatic rings. The van der Waals surface area contributed by atoms with Gasteiger partial charge in [0.25, 0.3) is 0 Å². The second-order valence-electron chi connectivity index (χ2n) is 3.99. The molecule has 2 rings (SSSR count). The number of carbonyl (C=O) groups is 1. The van der Waals surface area contributed by atoms with Gasteiger partial charge < -0.3 is 11.1 Å². The molecule has 1 atom stereocenters. The van der Waals surface area contributed by atoms with E-state index >= 15 is 0 Å². The fourth-order valence-corrected chi connectivity index (χ4v) is 1.69. The second-order valence-corrected chi connectivity index (χ2v) is 3.99. The molecule has 3 N–H and O–H groups in total. The van der Waals surface area contributed by atoms with Gasteiger partial charge in [0, 0.05) is 24.0 Å². The number of hydrogen-bond donors (Lipinski definition) is 2. The summed E-state index contributed by atoms with van der Waals surface area (Å²) in [6.45, 7) is 0. The molecule has 0 unspecified atom stereocenters. The number of primary amides is 1. The molecular formula is C14H15N3O. The first-order chi connectivity index (χ1) is 8.75. The molecule has 1 aromatic heterocycles. The quantitative estimate of drug-likeness (QED) is 0.835. The third kappa shape index (κ3) is 3.31. The first-order valence-corrected chi connectivity index (χ1v) is 5.76. The van der Waals surface area contributed by atoms with Crippen molar-refractivity contribution in [3.8, 4) is 0 Å². The first kappa shape index (κ1) is 12.1. The third-order valence-electron chi connectivity index (χ3n) is 2.60. The van der Waals surface area contributed by atoms with E-state index in [-0.39, 0.29) is 5.91 Å². The summed E-state index contributed by atoms with van der Waals surface area (Å²) in [5.74, 6) is -0.385. The minimum absolute atomic E-state index is 0.385. The van der Waals surface area contributed by atoms with E-state index in [0.717, 1.165) is 11.4 Å². The maximum absolute atomic E-state index is 11.4. The van der Waals surface area contributed by atoms with Gasteiger partial charge in [-0.1, -0.05) is 24.3 Å². The van der Waals surface area contributed by atoms with Gasteiger partial charge in [-0.05, 0) is 24.3 Å². The molecule has 0 aliphatic heterocycles. The highest BCUT2D eigenvalue weighted by Gasteiger charge is 2.16. The smallest absolute Gasteiger partial charge is 0.240 e. The number of carbonyl (C=O) groups excluding carboxylic acids is 1. The molecule has 0 bridgehead atoms. The lowest BCUT2D eigenvalue weighted by Crippen LogP contribution is -2.37. The Morgan fingerprint density at radius 1 is 1.17 bits per heavy atom. The SMILES string of the molecule is NC(=O)[C@H](Cc1ccccn1)Nc1ccccc1. The molecule has 1 aromatic carbocycles. The summed E-state index contributed by atoms with van der Waals surface area (Å²) in [7, 11) is 0. The average Bonchev–Trinajstić information content (AvgIpc) is 2.40. The van der Waals surface area contributed by atoms with Crippen LogP contribution in [0, 0.1) is 0 Å². The van der Waals surface area contributed by atoms with Crippen LogP contribution in [0.4, 0.5) is 5.69 Å². The number of para-hydroxylation sites is 1. The molecular weight excluding hydrogens is 226 g/mol. The number of aromatic nitrogens is 1. The fourth-order valence-electron chi connectivity index (χ4n) is 1.69. The molecule has 18 heavy (non-hydrogen) atoms. The van der Waals surface area contributed by atoms with Crippen LogP contribution in [0.1, 0.15) is 5.69 Å². The van der Waals surface area contributed by atoms with Gasteiger partial charge in [-0.2, -0.15) is 0 Å². The molecule has 92 valence electrons. The van der Waals surface area contributed by atoms with E-state index in [2.05, 4.69) is 10.3 Å². The van der Waals surface area contributed by atoms with Crippen LogP contribution in [0.5, 0.6) is 0 Å². The lowest BCUT2D eigenvalue weighted by Gasteiger charge is -2.16. The highest BCUT2D eigenvalue weighted by atomic mass is 16.1. The van der Waals surface area contributed by atoms with Crippen LogP contribution in [-0.2, 0) is 11.2 Å². The Morgan fingerprint density at radius 2 is 1.89 bits per heavy atom. The van der Waals surface area contributed by atoms with E-state index < -0.39 is 6.04 Å². The molecule has 1 heterocycles. The predicted molar refractivity (Wildman–Crippen MR) is 71.0 cm³/mol. The minimum Gasteiger partial charge on any atom is -0.373 e. The number of pyridine rings is 1. The van der Waals surface area contributed by atoms with Gasteiger partial charge in [-0.25, -0.2) is 0 Å². The lowest BCUT2D eigenvalue weighted by molar-refractivity contribution is -0.118. The molecule has 0 saturated heterocycles. The van der Waals surface area contributed by atoms with Crippen molar-refractivity contribution in [3.05, 3.63) is 60.4 Å². The van der Waals surface area contributed by atoms with Gasteiger partial charge >= 0.3 is 0 Å². The number of nitrogens with two attached hydrogens (primary N) is 1. The topological polar surface area (TPSA) is 68.0 Å². The van der Waals surface area contributed by atoms with E-state index in [4.69, 9.17) is 5.73 Å². The summed E-state index contributed by atoms with van der Waals surface area (Å²) in [6.07, 6.45) is 2.18. The third-order valence-corrected chi connectivity index (χ3v) is 2.60. The minimum atomic E-state index is -0.456. The highest BCUT2D eigenvalue weighted by Crippen LogP contribution is 2.09. The van der Waals surface area contributed by atoms with Crippen LogP contribution >= 0.6 is 0 Å². The number of nitrogens with one attached hydrogen (secondary N) is 1. The molecule has 2 aromatic rings. The summed E-state index contributed by atoms with van der Waals surface area (Å²) >= 11 is 0. The van der Waals surface area contributed by atoms with Gasteiger partial charge in [-0.15, -0.1) is 0 Å². The lowest BCUT2D eigenvalue weighted by atomic mass is 10.1. The van der Waals surface area contributed by atoms with Crippen LogP contribution in [0.25, 0.3) is 0 Å². The Morgan fingerprint density at radius 3 is 2.50 bits per heavy atom. The Bertz CT molecular complexity index is 457. The number of rotatable bonds is 5. The van der Waals surface area contributed by atoms with E-state index in [9.17, 15) is 4.79 Å². The van der Waals surface area contributed by atoms with Gasteiger partial charge in [0.1, 0.15) is 6.04 Å². The zero-order valence-corrected chi connectivity index (χ0v) is 9.91. The van der Waals surface area contributed by atoms with Crippen molar-refractivity contribution >= 4 is 11.6 Å². The summed E-state index contributed by atoms with van der Waals surface area (Å²) < 4.78 is 0. The van der Waals surface area contributed by atoms with Crippen molar-refractivity contribution < 1.29 is 4.79 Å². The maximum atomic E-state index is 11.4. The van der Waals surface area contributed by atoms with Gasteiger partial charge in [0.15, 0.2) is 0 Å². The molecule has 0 radical (unpaired) electrons. The molecule has 4 nitrogen and oxygen atoms in total. The largest absolute Gasteiger partial charge is 0.373 e. The van der Waals surface area contributed by atoms with E-state index in [1.54, 1.807) is 6.20 Å². The monoisotopic (exact) mass is 241 g/mol. The van der Waals surface area contributed by atoms with Crippen molar-refractivity contribution in [2.24, 2.45) is 5.73 Å². The Balaban J connectivity index is 2.08. The summed E-state index contributed by atoms with van der Waals surface area (Å²) in [5.41, 5.74) is 7.11. The number of benzene rings is 1. The van der Waals surface area contributed by atoms with Gasteiger partial charge in [0.2, 0.25) is 5.91 Å². The van der Waals surface area contributed by atoms with Crippen molar-refractivity contribution in [1.29, 1.82) is 0 Å². The molecule has 1 amide bonds. The van der Waals surface area contributed by atoms with Crippen LogP contribution < -0.4 is 11.1 Å². The average molecular weight is 241 g/mol. The molecule has 0 spiro atoms. The van der Waals surface area contributed by atoms with Crippen molar-refractivity contribution in [1.82, 2.24) is 4.98 Å². The number of anilines is 1. The molecule has 0 saturated carbocycles.